The molecule has 0 saturated heterocycles. The van der Waals surface area contributed by atoms with Gasteiger partial charge in [-0.2, -0.15) is 0 Å². The predicted molar refractivity (Wildman–Crippen MR) is 132 cm³/mol. The molecular weight excluding hydrogens is 487 g/mol. The summed E-state index contributed by atoms with van der Waals surface area (Å²) in [5.41, 5.74) is 0.608. The monoisotopic (exact) mass is 508 g/mol. The van der Waals surface area contributed by atoms with Crippen molar-refractivity contribution in [2.75, 3.05) is 18.1 Å². The highest BCUT2D eigenvalue weighted by Crippen LogP contribution is 2.43. The lowest BCUT2D eigenvalue weighted by molar-refractivity contribution is 0.0531. The van der Waals surface area contributed by atoms with E-state index in [1.54, 1.807) is 38.1 Å². The van der Waals surface area contributed by atoms with E-state index in [9.17, 15) is 18.8 Å². The van der Waals surface area contributed by atoms with Crippen molar-refractivity contribution in [3.05, 3.63) is 86.0 Å². The minimum atomic E-state index is -0.933. The van der Waals surface area contributed by atoms with Crippen LogP contribution in [0, 0.1) is 12.7 Å². The first-order valence-electron chi connectivity index (χ1n) is 11.3. The predicted octanol–water partition coefficient (Wildman–Crippen LogP) is 5.02. The lowest BCUT2D eigenvalue weighted by atomic mass is 9.98. The summed E-state index contributed by atoms with van der Waals surface area (Å²) in [4.78, 5) is 45.8. The van der Waals surface area contributed by atoms with E-state index in [0.717, 1.165) is 23.5 Å². The summed E-state index contributed by atoms with van der Waals surface area (Å²) < 4.78 is 30.6. The number of halogens is 1. The molecule has 0 radical (unpaired) electrons. The zero-order valence-corrected chi connectivity index (χ0v) is 20.5. The number of ether oxygens (including phenoxy) is 2. The van der Waals surface area contributed by atoms with Crippen LogP contribution in [0.5, 0.6) is 5.75 Å². The van der Waals surface area contributed by atoms with Crippen LogP contribution >= 0.6 is 11.3 Å². The number of benzene rings is 2. The second-order valence-electron chi connectivity index (χ2n) is 8.03. The van der Waals surface area contributed by atoms with Gasteiger partial charge < -0.3 is 13.9 Å². The Morgan fingerprint density at radius 1 is 1.17 bits per heavy atom. The van der Waals surface area contributed by atoms with Crippen LogP contribution in [-0.2, 0) is 4.74 Å². The Morgan fingerprint density at radius 2 is 1.97 bits per heavy atom. The Kier molecular flexibility index (Phi) is 6.05. The van der Waals surface area contributed by atoms with Gasteiger partial charge in [-0.3, -0.25) is 14.5 Å². The molecule has 184 valence electrons. The summed E-state index contributed by atoms with van der Waals surface area (Å²) in [6.07, 6.45) is 0. The third-order valence-electron chi connectivity index (χ3n) is 5.77. The largest absolute Gasteiger partial charge is 0.494 e. The van der Waals surface area contributed by atoms with Gasteiger partial charge in [0, 0.05) is 0 Å². The Labute approximate surface area is 208 Å². The van der Waals surface area contributed by atoms with Gasteiger partial charge in [0.05, 0.1) is 35.9 Å². The topological polar surface area (TPSA) is 98.9 Å². The minimum absolute atomic E-state index is 0.0249. The van der Waals surface area contributed by atoms with Gasteiger partial charge in [0.25, 0.3) is 5.91 Å². The van der Waals surface area contributed by atoms with Gasteiger partial charge in [-0.05, 0) is 56.7 Å². The Hall–Kier alpha value is -4.05. The Bertz CT molecular complexity index is 1580. The van der Waals surface area contributed by atoms with E-state index in [1.165, 1.54) is 11.0 Å². The van der Waals surface area contributed by atoms with Crippen LogP contribution < -0.4 is 15.1 Å². The van der Waals surface area contributed by atoms with Crippen LogP contribution in [-0.4, -0.2) is 30.1 Å². The SMILES string of the molecule is CCOC(=O)c1sc(N2C(=O)c3oc4ccc(F)cc4c(=O)c3C2c2cccc(OCC)c2)nc1C. The molecule has 8 nitrogen and oxygen atoms in total. The van der Waals surface area contributed by atoms with E-state index in [4.69, 9.17) is 13.9 Å². The fourth-order valence-corrected chi connectivity index (χ4v) is 5.26. The molecule has 2 aromatic heterocycles. The molecule has 1 atom stereocenters. The van der Waals surface area contributed by atoms with E-state index >= 15 is 0 Å². The normalized spacial score (nSPS) is 14.8. The van der Waals surface area contributed by atoms with Crippen molar-refractivity contribution in [2.45, 2.75) is 26.8 Å². The van der Waals surface area contributed by atoms with Gasteiger partial charge in [-0.1, -0.05) is 23.5 Å². The lowest BCUT2D eigenvalue weighted by Gasteiger charge is -2.23. The smallest absolute Gasteiger partial charge is 0.350 e. The fraction of sp³-hybridized carbons (Fsp3) is 0.231. The van der Waals surface area contributed by atoms with Crippen LogP contribution in [0.1, 0.15) is 56.9 Å². The highest BCUT2D eigenvalue weighted by molar-refractivity contribution is 7.17. The molecule has 3 heterocycles. The van der Waals surface area contributed by atoms with Crippen LogP contribution in [0.15, 0.2) is 51.7 Å². The number of anilines is 1. The molecule has 1 aliphatic rings. The lowest BCUT2D eigenvalue weighted by Crippen LogP contribution is -2.29. The first-order chi connectivity index (χ1) is 17.3. The van der Waals surface area contributed by atoms with Crippen molar-refractivity contribution in [3.8, 4) is 5.75 Å². The average Bonchev–Trinajstić information content (AvgIpc) is 3.38. The maximum absolute atomic E-state index is 14.0. The first-order valence-corrected chi connectivity index (χ1v) is 12.1. The molecule has 5 rings (SSSR count). The van der Waals surface area contributed by atoms with Gasteiger partial charge in [0.2, 0.25) is 5.76 Å². The molecule has 2 aromatic carbocycles. The second-order valence-corrected chi connectivity index (χ2v) is 9.01. The fourth-order valence-electron chi connectivity index (χ4n) is 4.27. The first kappa shape index (κ1) is 23.7. The van der Waals surface area contributed by atoms with Crippen molar-refractivity contribution in [1.82, 2.24) is 4.98 Å². The molecule has 0 bridgehead atoms. The van der Waals surface area contributed by atoms with Gasteiger partial charge >= 0.3 is 5.97 Å². The summed E-state index contributed by atoms with van der Waals surface area (Å²) >= 11 is 0.989. The molecular formula is C26H21FN2O6S. The van der Waals surface area contributed by atoms with Gasteiger partial charge in [-0.15, -0.1) is 0 Å². The Balaban J connectivity index is 1.75. The van der Waals surface area contributed by atoms with Crippen LogP contribution in [0.3, 0.4) is 0 Å². The number of aromatic nitrogens is 1. The molecule has 0 fully saturated rings. The number of hydrogen-bond donors (Lipinski definition) is 0. The molecule has 1 aliphatic heterocycles. The van der Waals surface area contributed by atoms with E-state index in [-0.39, 0.29) is 38.9 Å². The van der Waals surface area contributed by atoms with Crippen molar-refractivity contribution in [2.24, 2.45) is 0 Å². The number of thiazole rings is 1. The highest BCUT2D eigenvalue weighted by Gasteiger charge is 2.45. The van der Waals surface area contributed by atoms with E-state index < -0.39 is 29.2 Å². The Morgan fingerprint density at radius 3 is 2.72 bits per heavy atom. The molecule has 0 spiro atoms. The summed E-state index contributed by atoms with van der Waals surface area (Å²) in [7, 11) is 0. The number of amides is 1. The number of hydrogen-bond acceptors (Lipinski definition) is 8. The van der Waals surface area contributed by atoms with E-state index in [0.29, 0.717) is 23.6 Å². The van der Waals surface area contributed by atoms with Crippen molar-refractivity contribution < 1.29 is 27.9 Å². The minimum Gasteiger partial charge on any atom is -0.494 e. The molecule has 0 N–H and O–H groups in total. The standard InChI is InChI=1S/C26H21FN2O6S/c1-4-33-16-8-6-7-14(11-16)20-19-21(30)17-12-15(27)9-10-18(17)35-22(19)24(31)29(20)26-28-13(3)23(36-26)25(32)34-5-2/h6-12,20H,4-5H2,1-3H3. The third-order valence-corrected chi connectivity index (χ3v) is 6.91. The highest BCUT2D eigenvalue weighted by atomic mass is 32.1. The van der Waals surface area contributed by atoms with Crippen molar-refractivity contribution in [1.29, 1.82) is 0 Å². The summed E-state index contributed by atoms with van der Waals surface area (Å²) in [5, 5.41) is 0.227. The quantitative estimate of drug-likeness (QED) is 0.337. The van der Waals surface area contributed by atoms with Gasteiger partial charge in [-0.25, -0.2) is 14.2 Å². The molecule has 1 unspecified atom stereocenters. The molecule has 10 heteroatoms. The molecule has 0 aliphatic carbocycles. The summed E-state index contributed by atoms with van der Waals surface area (Å²) in [5.74, 6) is -1.34. The average molecular weight is 509 g/mol. The summed E-state index contributed by atoms with van der Waals surface area (Å²) in [6.45, 7) is 5.80. The molecule has 1 amide bonds. The maximum atomic E-state index is 14.0. The van der Waals surface area contributed by atoms with Gasteiger partial charge in [0.1, 0.15) is 22.0 Å². The number of carbonyl (C=O) groups is 2. The summed E-state index contributed by atoms with van der Waals surface area (Å²) in [6, 6.07) is 9.63. The number of rotatable bonds is 6. The van der Waals surface area contributed by atoms with Crippen LogP contribution in [0.2, 0.25) is 0 Å². The van der Waals surface area contributed by atoms with E-state index in [1.807, 2.05) is 6.92 Å². The molecule has 0 saturated carbocycles. The second kappa shape index (κ2) is 9.19. The maximum Gasteiger partial charge on any atom is 0.350 e. The zero-order chi connectivity index (χ0) is 25.6. The van der Waals surface area contributed by atoms with Crippen molar-refractivity contribution >= 4 is 39.3 Å². The number of aryl methyl sites for hydroxylation is 1. The third kappa shape index (κ3) is 3.83. The number of nitrogens with zero attached hydrogens (tertiary/aromatic N) is 2. The zero-order valence-electron chi connectivity index (χ0n) is 19.7. The van der Waals surface area contributed by atoms with Gasteiger partial charge in [0.15, 0.2) is 10.6 Å². The van der Waals surface area contributed by atoms with E-state index in [2.05, 4.69) is 4.98 Å². The van der Waals surface area contributed by atoms with Crippen molar-refractivity contribution in [3.63, 3.8) is 0 Å². The van der Waals surface area contributed by atoms with Crippen LogP contribution in [0.25, 0.3) is 11.0 Å². The number of carbonyl (C=O) groups excluding carboxylic acids is 2. The number of fused-ring (bicyclic) bond motifs is 2. The molecule has 4 aromatic rings. The molecule has 36 heavy (non-hydrogen) atoms. The number of esters is 1. The van der Waals surface area contributed by atoms with Crippen LogP contribution in [0.4, 0.5) is 9.52 Å².